The van der Waals surface area contributed by atoms with E-state index in [1.54, 1.807) is 20.8 Å². The summed E-state index contributed by atoms with van der Waals surface area (Å²) in [6.45, 7) is 10.3. The fraction of sp³-hybridized carbons (Fsp3) is 0.562. The van der Waals surface area contributed by atoms with E-state index in [0.717, 1.165) is 12.1 Å². The van der Waals surface area contributed by atoms with Crippen molar-refractivity contribution in [2.24, 2.45) is 5.41 Å². The van der Waals surface area contributed by atoms with Crippen LogP contribution in [-0.4, -0.2) is 19.0 Å². The van der Waals surface area contributed by atoms with Gasteiger partial charge in [0.05, 0.1) is 16.9 Å². The van der Waals surface area contributed by atoms with E-state index < -0.39 is 17.2 Å². The van der Waals surface area contributed by atoms with Gasteiger partial charge in [-0.05, 0) is 32.0 Å². The van der Waals surface area contributed by atoms with E-state index in [1.807, 2.05) is 18.7 Å². The first-order valence-corrected chi connectivity index (χ1v) is 7.28. The summed E-state index contributed by atoms with van der Waals surface area (Å²) in [6, 6.07) is 3.45. The molecule has 0 aliphatic heterocycles. The van der Waals surface area contributed by atoms with Gasteiger partial charge in [0.15, 0.2) is 0 Å². The monoisotopic (exact) mass is 316 g/mol. The van der Waals surface area contributed by atoms with Crippen LogP contribution in [-0.2, 0) is 11.0 Å². The zero-order valence-corrected chi connectivity index (χ0v) is 13.6. The van der Waals surface area contributed by atoms with Crippen LogP contribution in [0.3, 0.4) is 0 Å². The van der Waals surface area contributed by atoms with Crippen LogP contribution in [0.2, 0.25) is 0 Å². The Bertz CT molecular complexity index is 529. The summed E-state index contributed by atoms with van der Waals surface area (Å²) in [5.74, 6) is -0.319. The Morgan fingerprint density at radius 1 is 1.14 bits per heavy atom. The van der Waals surface area contributed by atoms with Gasteiger partial charge in [0.25, 0.3) is 0 Å². The minimum atomic E-state index is -4.44. The van der Waals surface area contributed by atoms with Gasteiger partial charge < -0.3 is 10.2 Å². The van der Waals surface area contributed by atoms with Crippen molar-refractivity contribution in [2.75, 3.05) is 23.3 Å². The molecule has 1 N–H and O–H groups in total. The Morgan fingerprint density at radius 2 is 1.68 bits per heavy atom. The number of nitrogens with one attached hydrogen (secondary N) is 1. The summed E-state index contributed by atoms with van der Waals surface area (Å²) in [5, 5.41) is 2.63. The quantitative estimate of drug-likeness (QED) is 0.884. The lowest BCUT2D eigenvalue weighted by Gasteiger charge is -2.26. The Morgan fingerprint density at radius 3 is 2.09 bits per heavy atom. The zero-order valence-electron chi connectivity index (χ0n) is 13.6. The average Bonchev–Trinajstić information content (AvgIpc) is 2.39. The van der Waals surface area contributed by atoms with E-state index in [-0.39, 0.29) is 11.6 Å². The third-order valence-corrected chi connectivity index (χ3v) is 3.36. The second-order valence-electron chi connectivity index (χ2n) is 6.11. The summed E-state index contributed by atoms with van der Waals surface area (Å²) in [5.41, 5.74) is -0.670. The number of nitrogens with zero attached hydrogens (tertiary/aromatic N) is 1. The number of carbonyl (C=O) groups excluding carboxylic acids is 1. The number of anilines is 2. The summed E-state index contributed by atoms with van der Waals surface area (Å²) in [4.78, 5) is 14.0. The molecule has 0 aromatic heterocycles. The minimum Gasteiger partial charge on any atom is -0.370 e. The Labute approximate surface area is 129 Å². The SMILES string of the molecule is CCN(CC)c1ccc(C(F)(F)F)cc1NC(=O)C(C)(C)C. The van der Waals surface area contributed by atoms with Gasteiger partial charge in [0.2, 0.25) is 5.91 Å². The van der Waals surface area contributed by atoms with Crippen LogP contribution in [0.25, 0.3) is 0 Å². The maximum atomic E-state index is 12.9. The topological polar surface area (TPSA) is 32.3 Å². The van der Waals surface area contributed by atoms with E-state index >= 15 is 0 Å². The number of hydrogen-bond donors (Lipinski definition) is 1. The summed E-state index contributed by atoms with van der Waals surface area (Å²) in [7, 11) is 0. The van der Waals surface area contributed by atoms with E-state index in [9.17, 15) is 18.0 Å². The molecular weight excluding hydrogens is 293 g/mol. The normalized spacial score (nSPS) is 12.2. The van der Waals surface area contributed by atoms with Crippen LogP contribution in [0.15, 0.2) is 18.2 Å². The second kappa shape index (κ2) is 6.58. The van der Waals surface area contributed by atoms with Gasteiger partial charge in [0.1, 0.15) is 0 Å². The molecule has 1 amide bonds. The molecule has 0 radical (unpaired) electrons. The first kappa shape index (κ1) is 18.3. The predicted octanol–water partition coefficient (Wildman–Crippen LogP) is 4.54. The molecule has 0 saturated heterocycles. The number of benzene rings is 1. The van der Waals surface area contributed by atoms with Gasteiger partial charge in [0, 0.05) is 18.5 Å². The molecule has 124 valence electrons. The Kier molecular flexibility index (Phi) is 5.49. The molecule has 1 rings (SSSR count). The molecule has 3 nitrogen and oxygen atoms in total. The van der Waals surface area contributed by atoms with Crippen LogP contribution < -0.4 is 10.2 Å². The maximum Gasteiger partial charge on any atom is 0.416 e. The van der Waals surface area contributed by atoms with Crippen molar-refractivity contribution in [1.29, 1.82) is 0 Å². The molecule has 1 aromatic rings. The number of carbonyl (C=O) groups is 1. The lowest BCUT2D eigenvalue weighted by molar-refractivity contribution is -0.137. The summed E-state index contributed by atoms with van der Waals surface area (Å²) in [6.07, 6.45) is -4.44. The van der Waals surface area contributed by atoms with E-state index in [1.165, 1.54) is 6.07 Å². The Hall–Kier alpha value is -1.72. The number of alkyl halides is 3. The average molecular weight is 316 g/mol. The van der Waals surface area contributed by atoms with Gasteiger partial charge >= 0.3 is 6.18 Å². The lowest BCUT2D eigenvalue weighted by atomic mass is 9.95. The van der Waals surface area contributed by atoms with E-state index in [4.69, 9.17) is 0 Å². The molecule has 0 atom stereocenters. The maximum absolute atomic E-state index is 12.9. The predicted molar refractivity (Wildman–Crippen MR) is 83.1 cm³/mol. The van der Waals surface area contributed by atoms with Gasteiger partial charge in [-0.3, -0.25) is 4.79 Å². The highest BCUT2D eigenvalue weighted by molar-refractivity contribution is 5.97. The van der Waals surface area contributed by atoms with Crippen molar-refractivity contribution in [3.8, 4) is 0 Å². The van der Waals surface area contributed by atoms with Crippen molar-refractivity contribution < 1.29 is 18.0 Å². The number of hydrogen-bond acceptors (Lipinski definition) is 2. The van der Waals surface area contributed by atoms with Crippen molar-refractivity contribution in [3.05, 3.63) is 23.8 Å². The summed E-state index contributed by atoms with van der Waals surface area (Å²) < 4.78 is 38.7. The molecule has 0 spiro atoms. The first-order chi connectivity index (χ1) is 10.0. The van der Waals surface area contributed by atoms with E-state index in [0.29, 0.717) is 18.8 Å². The molecular formula is C16H23F3N2O. The molecule has 0 unspecified atom stereocenters. The van der Waals surface area contributed by atoms with Crippen LogP contribution in [0.4, 0.5) is 24.5 Å². The highest BCUT2D eigenvalue weighted by atomic mass is 19.4. The van der Waals surface area contributed by atoms with Gasteiger partial charge in [-0.2, -0.15) is 13.2 Å². The molecule has 6 heteroatoms. The fourth-order valence-electron chi connectivity index (χ4n) is 1.96. The number of halogens is 3. The number of amides is 1. The largest absolute Gasteiger partial charge is 0.416 e. The molecule has 0 saturated carbocycles. The van der Waals surface area contributed by atoms with Crippen molar-refractivity contribution in [3.63, 3.8) is 0 Å². The van der Waals surface area contributed by atoms with Crippen LogP contribution in [0.5, 0.6) is 0 Å². The van der Waals surface area contributed by atoms with Crippen LogP contribution in [0, 0.1) is 5.41 Å². The fourth-order valence-corrected chi connectivity index (χ4v) is 1.96. The lowest BCUT2D eigenvalue weighted by Crippen LogP contribution is -2.30. The Balaban J connectivity index is 3.31. The van der Waals surface area contributed by atoms with Crippen LogP contribution in [0.1, 0.15) is 40.2 Å². The molecule has 0 aliphatic carbocycles. The number of rotatable bonds is 4. The zero-order chi connectivity index (χ0) is 17.1. The molecule has 1 aromatic carbocycles. The van der Waals surface area contributed by atoms with Gasteiger partial charge in [-0.1, -0.05) is 20.8 Å². The smallest absolute Gasteiger partial charge is 0.370 e. The summed E-state index contributed by atoms with van der Waals surface area (Å²) >= 11 is 0. The van der Waals surface area contributed by atoms with Gasteiger partial charge in [-0.15, -0.1) is 0 Å². The molecule has 0 bridgehead atoms. The molecule has 22 heavy (non-hydrogen) atoms. The van der Waals surface area contributed by atoms with Crippen molar-refractivity contribution >= 4 is 17.3 Å². The third kappa shape index (κ3) is 4.39. The van der Waals surface area contributed by atoms with Crippen LogP contribution >= 0.6 is 0 Å². The second-order valence-corrected chi connectivity index (χ2v) is 6.11. The van der Waals surface area contributed by atoms with Crippen molar-refractivity contribution in [1.82, 2.24) is 0 Å². The van der Waals surface area contributed by atoms with Gasteiger partial charge in [-0.25, -0.2) is 0 Å². The molecule has 0 fully saturated rings. The third-order valence-electron chi connectivity index (χ3n) is 3.36. The minimum absolute atomic E-state index is 0.193. The molecule has 0 aliphatic rings. The molecule has 0 heterocycles. The standard InChI is InChI=1S/C16H23F3N2O/c1-6-21(7-2)13-9-8-11(16(17,18)19)10-12(13)20-14(22)15(3,4)5/h8-10H,6-7H2,1-5H3,(H,20,22). The van der Waals surface area contributed by atoms with E-state index in [2.05, 4.69) is 5.32 Å². The van der Waals surface area contributed by atoms with Crippen molar-refractivity contribution in [2.45, 2.75) is 40.8 Å². The first-order valence-electron chi connectivity index (χ1n) is 7.28. The highest BCUT2D eigenvalue weighted by Gasteiger charge is 2.32. The highest BCUT2D eigenvalue weighted by Crippen LogP contribution is 2.36.